The average Bonchev–Trinajstić information content (AvgIpc) is 2.76. The van der Waals surface area contributed by atoms with Crippen LogP contribution in [0.4, 0.5) is 0 Å². The van der Waals surface area contributed by atoms with Crippen LogP contribution in [0.15, 0.2) is 42.5 Å². The van der Waals surface area contributed by atoms with Crippen LogP contribution in [0.25, 0.3) is 0 Å². The molecule has 1 aromatic rings. The number of hydrogen-bond acceptors (Lipinski definition) is 5. The monoisotopic (exact) mass is 263 g/mol. The van der Waals surface area contributed by atoms with Crippen molar-refractivity contribution >= 4 is 5.97 Å². The lowest BCUT2D eigenvalue weighted by Gasteiger charge is -2.31. The van der Waals surface area contributed by atoms with Gasteiger partial charge in [0, 0.05) is 0 Å². The van der Waals surface area contributed by atoms with E-state index in [0.29, 0.717) is 6.42 Å². The number of aliphatic hydroxyl groups is 2. The van der Waals surface area contributed by atoms with Gasteiger partial charge in [0.1, 0.15) is 18.5 Å². The van der Waals surface area contributed by atoms with Crippen LogP contribution < -0.4 is 0 Å². The SMILES string of the molecule is COC(=O)[C@H](Cc1ccccc1)N1C(O)C=CC1O. The molecule has 0 radical (unpaired) electrons. The van der Waals surface area contributed by atoms with Gasteiger partial charge in [-0.1, -0.05) is 30.3 Å². The van der Waals surface area contributed by atoms with Crippen molar-refractivity contribution < 1.29 is 19.7 Å². The number of carbonyl (C=O) groups is 1. The Morgan fingerprint density at radius 3 is 2.37 bits per heavy atom. The summed E-state index contributed by atoms with van der Waals surface area (Å²) in [4.78, 5) is 13.2. The Morgan fingerprint density at radius 2 is 1.84 bits per heavy atom. The fraction of sp³-hybridized carbons (Fsp3) is 0.357. The molecule has 1 aliphatic rings. The molecular formula is C14H17NO4. The van der Waals surface area contributed by atoms with Gasteiger partial charge in [-0.05, 0) is 24.1 Å². The van der Waals surface area contributed by atoms with Gasteiger partial charge in [-0.3, -0.25) is 4.79 Å². The highest BCUT2D eigenvalue weighted by molar-refractivity contribution is 5.76. The third-order valence-corrected chi connectivity index (χ3v) is 3.17. The molecule has 2 N–H and O–H groups in total. The molecule has 2 rings (SSSR count). The first-order chi connectivity index (χ1) is 9.13. The van der Waals surface area contributed by atoms with Gasteiger partial charge in [0.05, 0.1) is 7.11 Å². The van der Waals surface area contributed by atoms with Gasteiger partial charge in [-0.2, -0.15) is 0 Å². The molecule has 1 heterocycles. The molecule has 3 atom stereocenters. The second kappa shape index (κ2) is 5.97. The lowest BCUT2D eigenvalue weighted by molar-refractivity contribution is -0.156. The van der Waals surface area contributed by atoms with Crippen LogP contribution in [0.5, 0.6) is 0 Å². The van der Waals surface area contributed by atoms with E-state index in [2.05, 4.69) is 0 Å². The molecule has 0 saturated carbocycles. The van der Waals surface area contributed by atoms with Crippen LogP contribution >= 0.6 is 0 Å². The summed E-state index contributed by atoms with van der Waals surface area (Å²) in [5, 5.41) is 19.6. The first kappa shape index (κ1) is 13.7. The summed E-state index contributed by atoms with van der Waals surface area (Å²) in [6.45, 7) is 0. The van der Waals surface area contributed by atoms with Crippen LogP contribution in [0.2, 0.25) is 0 Å². The minimum absolute atomic E-state index is 0.364. The Morgan fingerprint density at radius 1 is 1.26 bits per heavy atom. The topological polar surface area (TPSA) is 70.0 Å². The second-order valence-corrected chi connectivity index (χ2v) is 4.39. The standard InChI is InChI=1S/C14H17NO4/c1-19-14(18)11(9-10-5-3-2-4-6-10)15-12(16)7-8-13(15)17/h2-8,11-13,16-17H,9H2,1H3/t11-,12?,13?/m0/s1. The van der Waals surface area contributed by atoms with Crippen molar-refractivity contribution in [1.29, 1.82) is 0 Å². The van der Waals surface area contributed by atoms with Crippen molar-refractivity contribution in [1.82, 2.24) is 4.90 Å². The molecule has 0 spiro atoms. The summed E-state index contributed by atoms with van der Waals surface area (Å²) >= 11 is 0. The molecule has 5 nitrogen and oxygen atoms in total. The van der Waals surface area contributed by atoms with Crippen molar-refractivity contribution in [3.05, 3.63) is 48.0 Å². The van der Waals surface area contributed by atoms with Gasteiger partial charge >= 0.3 is 5.97 Å². The maximum atomic E-state index is 11.9. The van der Waals surface area contributed by atoms with E-state index in [1.54, 1.807) is 0 Å². The van der Waals surface area contributed by atoms with E-state index in [9.17, 15) is 15.0 Å². The van der Waals surface area contributed by atoms with Gasteiger partial charge < -0.3 is 14.9 Å². The van der Waals surface area contributed by atoms with E-state index in [1.807, 2.05) is 30.3 Å². The molecule has 0 amide bonds. The van der Waals surface area contributed by atoms with Crippen LogP contribution in [0.3, 0.4) is 0 Å². The van der Waals surface area contributed by atoms with E-state index in [0.717, 1.165) is 5.56 Å². The minimum Gasteiger partial charge on any atom is -0.468 e. The van der Waals surface area contributed by atoms with Crippen LogP contribution in [-0.2, 0) is 16.0 Å². The summed E-state index contributed by atoms with van der Waals surface area (Å²) in [5.74, 6) is -0.481. The molecule has 0 bridgehead atoms. The first-order valence-corrected chi connectivity index (χ1v) is 6.07. The van der Waals surface area contributed by atoms with Crippen molar-refractivity contribution in [2.45, 2.75) is 24.9 Å². The van der Waals surface area contributed by atoms with Gasteiger partial charge in [0.2, 0.25) is 0 Å². The summed E-state index contributed by atoms with van der Waals surface area (Å²) in [7, 11) is 1.29. The van der Waals surface area contributed by atoms with E-state index < -0.39 is 24.5 Å². The highest BCUT2D eigenvalue weighted by Gasteiger charge is 2.37. The lowest BCUT2D eigenvalue weighted by atomic mass is 10.0. The molecule has 0 saturated heterocycles. The molecule has 1 aliphatic heterocycles. The number of rotatable bonds is 4. The number of methoxy groups -OCH3 is 1. The third-order valence-electron chi connectivity index (χ3n) is 3.17. The fourth-order valence-electron chi connectivity index (χ4n) is 2.21. The number of esters is 1. The highest BCUT2D eigenvalue weighted by atomic mass is 16.5. The van der Waals surface area contributed by atoms with Crippen LogP contribution in [0.1, 0.15) is 5.56 Å². The molecule has 0 aliphatic carbocycles. The third kappa shape index (κ3) is 3.01. The predicted molar refractivity (Wildman–Crippen MR) is 68.9 cm³/mol. The number of benzene rings is 1. The Balaban J connectivity index is 2.19. The number of hydrogen-bond donors (Lipinski definition) is 2. The van der Waals surface area contributed by atoms with Crippen molar-refractivity contribution in [3.8, 4) is 0 Å². The minimum atomic E-state index is -0.984. The number of nitrogens with zero attached hydrogens (tertiary/aromatic N) is 1. The average molecular weight is 263 g/mol. The molecule has 19 heavy (non-hydrogen) atoms. The molecule has 0 fully saturated rings. The zero-order valence-electron chi connectivity index (χ0n) is 10.6. The van der Waals surface area contributed by atoms with Crippen LogP contribution in [-0.4, -0.2) is 46.7 Å². The largest absolute Gasteiger partial charge is 0.468 e. The van der Waals surface area contributed by atoms with Crippen molar-refractivity contribution in [3.63, 3.8) is 0 Å². The van der Waals surface area contributed by atoms with Gasteiger partial charge in [0.25, 0.3) is 0 Å². The number of aliphatic hydroxyl groups excluding tert-OH is 2. The second-order valence-electron chi connectivity index (χ2n) is 4.39. The Bertz CT molecular complexity index is 448. The van der Waals surface area contributed by atoms with Gasteiger partial charge in [-0.25, -0.2) is 4.90 Å². The quantitative estimate of drug-likeness (QED) is 0.603. The molecule has 0 aromatic heterocycles. The molecular weight excluding hydrogens is 246 g/mol. The maximum Gasteiger partial charge on any atom is 0.323 e. The highest BCUT2D eigenvalue weighted by Crippen LogP contribution is 2.20. The molecule has 102 valence electrons. The molecule has 1 aromatic carbocycles. The maximum absolute atomic E-state index is 11.9. The van der Waals surface area contributed by atoms with Crippen molar-refractivity contribution in [2.24, 2.45) is 0 Å². The smallest absolute Gasteiger partial charge is 0.323 e. The van der Waals surface area contributed by atoms with Gasteiger partial charge in [-0.15, -0.1) is 0 Å². The Hall–Kier alpha value is -1.69. The summed E-state index contributed by atoms with van der Waals surface area (Å²) in [6.07, 6.45) is 1.30. The summed E-state index contributed by atoms with van der Waals surface area (Å²) < 4.78 is 4.76. The van der Waals surface area contributed by atoms with Crippen molar-refractivity contribution in [2.75, 3.05) is 7.11 Å². The zero-order valence-corrected chi connectivity index (χ0v) is 10.6. The lowest BCUT2D eigenvalue weighted by Crippen LogP contribution is -2.50. The zero-order chi connectivity index (χ0) is 13.8. The summed E-state index contributed by atoms with van der Waals surface area (Å²) in [5.41, 5.74) is 0.934. The predicted octanol–water partition coefficient (Wildman–Crippen LogP) is 0.279. The first-order valence-electron chi connectivity index (χ1n) is 6.07. The normalized spacial score (nSPS) is 24.4. The van der Waals surface area contributed by atoms with Gasteiger partial charge in [0.15, 0.2) is 0 Å². The van der Waals surface area contributed by atoms with E-state index in [4.69, 9.17) is 4.74 Å². The fourth-order valence-corrected chi connectivity index (χ4v) is 2.21. The van der Waals surface area contributed by atoms with Crippen LogP contribution in [0, 0.1) is 0 Å². The Labute approximate surface area is 111 Å². The van der Waals surface area contributed by atoms with E-state index in [-0.39, 0.29) is 0 Å². The molecule has 5 heteroatoms. The Kier molecular flexibility index (Phi) is 4.31. The summed E-state index contributed by atoms with van der Waals surface area (Å²) in [6, 6.07) is 8.68. The number of carbonyl (C=O) groups excluding carboxylic acids is 1. The van der Waals surface area contributed by atoms with E-state index in [1.165, 1.54) is 24.2 Å². The van der Waals surface area contributed by atoms with E-state index >= 15 is 0 Å². The molecule has 2 unspecified atom stereocenters. The number of ether oxygens (including phenoxy) is 1.